The van der Waals surface area contributed by atoms with E-state index in [4.69, 9.17) is 5.73 Å². The van der Waals surface area contributed by atoms with Gasteiger partial charge in [-0.15, -0.1) is 11.3 Å². The predicted molar refractivity (Wildman–Crippen MR) is 139 cm³/mol. The minimum absolute atomic E-state index is 0.144. The van der Waals surface area contributed by atoms with Crippen LogP contribution < -0.4 is 16.4 Å². The lowest BCUT2D eigenvalue weighted by Crippen LogP contribution is -2.38. The van der Waals surface area contributed by atoms with Gasteiger partial charge in [-0.1, -0.05) is 6.07 Å². The first-order valence-electron chi connectivity index (χ1n) is 11.9. The highest BCUT2D eigenvalue weighted by Gasteiger charge is 2.22. The Bertz CT molecular complexity index is 1220. The van der Waals surface area contributed by atoms with E-state index in [0.717, 1.165) is 43.2 Å². The number of aromatic nitrogens is 3. The van der Waals surface area contributed by atoms with Crippen LogP contribution in [-0.2, 0) is 6.54 Å². The number of carbonyl (C=O) groups excluding carboxylic acids is 1. The van der Waals surface area contributed by atoms with Crippen molar-refractivity contribution < 1.29 is 9.90 Å². The van der Waals surface area contributed by atoms with Crippen molar-refractivity contribution in [3.05, 3.63) is 52.8 Å². The minimum Gasteiger partial charge on any atom is -0.397 e. The second-order valence-electron chi connectivity index (χ2n) is 8.94. The van der Waals surface area contributed by atoms with Crippen LogP contribution >= 0.6 is 11.3 Å². The SMILES string of the molecule is C[C@H](O)CNc1nc(C(=O)NCC2CCN(Cc3cnc(-c4ccccn4)s3)CC2)cc(N)c1C#N. The molecule has 1 aliphatic rings. The molecule has 4 heterocycles. The van der Waals surface area contributed by atoms with Gasteiger partial charge in [0.2, 0.25) is 0 Å². The van der Waals surface area contributed by atoms with E-state index in [9.17, 15) is 15.2 Å². The van der Waals surface area contributed by atoms with Crippen LogP contribution in [0.3, 0.4) is 0 Å². The third-order valence-electron chi connectivity index (χ3n) is 6.03. The molecule has 5 N–H and O–H groups in total. The molecule has 0 saturated carbocycles. The molecule has 1 amide bonds. The number of nitrogens with one attached hydrogen (secondary N) is 2. The maximum Gasteiger partial charge on any atom is 0.270 e. The van der Waals surface area contributed by atoms with Crippen LogP contribution in [0, 0.1) is 17.2 Å². The molecule has 188 valence electrons. The molecule has 0 aromatic carbocycles. The van der Waals surface area contributed by atoms with Crippen molar-refractivity contribution in [1.82, 2.24) is 25.2 Å². The zero-order valence-corrected chi connectivity index (χ0v) is 21.0. The number of nitrogens with zero attached hydrogens (tertiary/aromatic N) is 5. The lowest BCUT2D eigenvalue weighted by atomic mass is 9.96. The number of carbonyl (C=O) groups is 1. The lowest BCUT2D eigenvalue weighted by Gasteiger charge is -2.31. The second-order valence-corrected chi connectivity index (χ2v) is 10.1. The Labute approximate surface area is 214 Å². The van der Waals surface area contributed by atoms with E-state index in [1.807, 2.05) is 30.5 Å². The average Bonchev–Trinajstić information content (AvgIpc) is 3.35. The third kappa shape index (κ3) is 6.54. The van der Waals surface area contributed by atoms with Gasteiger partial charge in [-0.05, 0) is 57.0 Å². The number of amides is 1. The van der Waals surface area contributed by atoms with Crippen LogP contribution in [0.2, 0.25) is 0 Å². The molecule has 1 fully saturated rings. The number of nitrogen functional groups attached to an aromatic ring is 1. The molecule has 11 heteroatoms. The van der Waals surface area contributed by atoms with Crippen LogP contribution in [0.1, 0.15) is 40.7 Å². The summed E-state index contributed by atoms with van der Waals surface area (Å²) < 4.78 is 0. The van der Waals surface area contributed by atoms with Gasteiger partial charge < -0.3 is 21.5 Å². The molecule has 36 heavy (non-hydrogen) atoms. The molecular formula is C25H30N8O2S. The quantitative estimate of drug-likeness (QED) is 0.343. The summed E-state index contributed by atoms with van der Waals surface area (Å²) in [4.78, 5) is 29.5. The van der Waals surface area contributed by atoms with Gasteiger partial charge in [0.15, 0.2) is 0 Å². The number of nitrogens with two attached hydrogens (primary N) is 1. The van der Waals surface area contributed by atoms with E-state index in [2.05, 4.69) is 30.5 Å². The van der Waals surface area contributed by atoms with E-state index >= 15 is 0 Å². The summed E-state index contributed by atoms with van der Waals surface area (Å²) in [5, 5.41) is 25.6. The minimum atomic E-state index is -0.637. The fraction of sp³-hybridized carbons (Fsp3) is 0.400. The monoisotopic (exact) mass is 506 g/mol. The van der Waals surface area contributed by atoms with Gasteiger partial charge >= 0.3 is 0 Å². The van der Waals surface area contributed by atoms with Gasteiger partial charge in [-0.3, -0.25) is 14.7 Å². The second kappa shape index (κ2) is 11.9. The van der Waals surface area contributed by atoms with Gasteiger partial charge in [0.25, 0.3) is 5.91 Å². The molecule has 1 atom stereocenters. The normalized spacial score (nSPS) is 15.2. The Morgan fingerprint density at radius 1 is 1.36 bits per heavy atom. The van der Waals surface area contributed by atoms with Gasteiger partial charge in [0.05, 0.1) is 17.5 Å². The molecule has 1 aliphatic heterocycles. The number of anilines is 2. The number of piperidine rings is 1. The molecule has 4 rings (SSSR count). The van der Waals surface area contributed by atoms with Crippen molar-refractivity contribution in [3.63, 3.8) is 0 Å². The summed E-state index contributed by atoms with van der Waals surface area (Å²) >= 11 is 1.67. The summed E-state index contributed by atoms with van der Waals surface area (Å²) in [6.07, 6.45) is 5.04. The molecule has 0 aliphatic carbocycles. The number of thiazole rings is 1. The van der Waals surface area contributed by atoms with Crippen molar-refractivity contribution in [1.29, 1.82) is 5.26 Å². The molecule has 0 spiro atoms. The summed E-state index contributed by atoms with van der Waals surface area (Å²) in [7, 11) is 0. The zero-order chi connectivity index (χ0) is 25.5. The highest BCUT2D eigenvalue weighted by molar-refractivity contribution is 7.14. The molecule has 10 nitrogen and oxygen atoms in total. The Hall–Kier alpha value is -3.59. The first-order valence-corrected chi connectivity index (χ1v) is 12.7. The maximum absolute atomic E-state index is 12.7. The van der Waals surface area contributed by atoms with Crippen molar-refractivity contribution in [2.45, 2.75) is 32.4 Å². The number of nitriles is 1. The molecule has 0 unspecified atom stereocenters. The van der Waals surface area contributed by atoms with Crippen molar-refractivity contribution in [2.24, 2.45) is 5.92 Å². The van der Waals surface area contributed by atoms with E-state index in [1.54, 1.807) is 24.5 Å². The van der Waals surface area contributed by atoms with E-state index in [0.29, 0.717) is 12.5 Å². The zero-order valence-electron chi connectivity index (χ0n) is 20.1. The first kappa shape index (κ1) is 25.5. The molecule has 1 saturated heterocycles. The number of pyridine rings is 2. The Balaban J connectivity index is 1.26. The van der Waals surface area contributed by atoms with Gasteiger partial charge in [-0.2, -0.15) is 5.26 Å². The average molecular weight is 507 g/mol. The van der Waals surface area contributed by atoms with Crippen LogP contribution in [-0.4, -0.2) is 63.1 Å². The first-order chi connectivity index (χ1) is 17.4. The highest BCUT2D eigenvalue weighted by atomic mass is 32.1. The number of likely N-dealkylation sites (tertiary alicyclic amines) is 1. The van der Waals surface area contributed by atoms with Gasteiger partial charge in [0, 0.05) is 36.9 Å². The Morgan fingerprint density at radius 3 is 2.86 bits per heavy atom. The van der Waals surface area contributed by atoms with Crippen LogP contribution in [0.15, 0.2) is 36.7 Å². The number of rotatable bonds is 9. The van der Waals surface area contributed by atoms with Gasteiger partial charge in [-0.25, -0.2) is 9.97 Å². The maximum atomic E-state index is 12.7. The fourth-order valence-electron chi connectivity index (χ4n) is 4.06. The lowest BCUT2D eigenvalue weighted by molar-refractivity contribution is 0.0930. The third-order valence-corrected chi connectivity index (χ3v) is 7.04. The standard InChI is InChI=1S/C25H30N8O2S/c1-16(34)12-29-23-19(11-26)20(27)10-22(32-23)24(35)30-13-17-5-8-33(9-6-17)15-18-14-31-25(36-18)21-4-2-3-7-28-21/h2-4,7,10,14,16-17,34H,5-6,8-9,12-13,15H2,1H3,(H,30,35)(H3,27,29,32)/t16-/m0/s1. The van der Waals surface area contributed by atoms with E-state index in [1.165, 1.54) is 10.9 Å². The largest absolute Gasteiger partial charge is 0.397 e. The molecule has 0 bridgehead atoms. The Morgan fingerprint density at radius 2 is 2.17 bits per heavy atom. The van der Waals surface area contributed by atoms with Crippen molar-refractivity contribution >= 4 is 28.7 Å². The molecule has 3 aromatic heterocycles. The van der Waals surface area contributed by atoms with E-state index in [-0.39, 0.29) is 35.2 Å². The van der Waals surface area contributed by atoms with Crippen molar-refractivity contribution in [3.8, 4) is 16.8 Å². The number of aliphatic hydroxyl groups excluding tert-OH is 1. The number of aliphatic hydroxyl groups is 1. The predicted octanol–water partition coefficient (Wildman–Crippen LogP) is 2.49. The molecular weight excluding hydrogens is 476 g/mol. The summed E-state index contributed by atoms with van der Waals surface area (Å²) in [5.74, 6) is 0.242. The number of hydrogen-bond donors (Lipinski definition) is 4. The Kier molecular flexibility index (Phi) is 8.43. The molecule has 3 aromatic rings. The summed E-state index contributed by atoms with van der Waals surface area (Å²) in [6.45, 7) is 5.12. The van der Waals surface area contributed by atoms with Gasteiger partial charge in [0.1, 0.15) is 28.2 Å². The van der Waals surface area contributed by atoms with E-state index < -0.39 is 6.10 Å². The summed E-state index contributed by atoms with van der Waals surface area (Å²) in [5.41, 5.74) is 7.35. The van der Waals surface area contributed by atoms with Crippen LogP contribution in [0.25, 0.3) is 10.7 Å². The highest BCUT2D eigenvalue weighted by Crippen LogP contribution is 2.26. The fourth-order valence-corrected chi connectivity index (χ4v) is 4.99. The molecule has 0 radical (unpaired) electrons. The topological polar surface area (TPSA) is 153 Å². The smallest absolute Gasteiger partial charge is 0.270 e. The van der Waals surface area contributed by atoms with Crippen LogP contribution in [0.4, 0.5) is 11.5 Å². The van der Waals surface area contributed by atoms with Crippen LogP contribution in [0.5, 0.6) is 0 Å². The van der Waals surface area contributed by atoms with Crippen molar-refractivity contribution in [2.75, 3.05) is 37.2 Å². The summed E-state index contributed by atoms with van der Waals surface area (Å²) in [6, 6.07) is 9.24. The number of hydrogen-bond acceptors (Lipinski definition) is 10.